The topological polar surface area (TPSA) is 17.1 Å². The van der Waals surface area contributed by atoms with E-state index < -0.39 is 7.14 Å². The summed E-state index contributed by atoms with van der Waals surface area (Å²) in [6, 6.07) is 0. The first-order chi connectivity index (χ1) is 2.00. The minimum Gasteiger partial charge on any atom is -0.358 e. The van der Waals surface area contributed by atoms with Crippen LogP contribution in [0.5, 0.6) is 0 Å². The van der Waals surface area contributed by atoms with Gasteiger partial charge < -0.3 is 4.57 Å². The van der Waals surface area contributed by atoms with Gasteiger partial charge in [0.2, 0.25) is 0 Å². The molecule has 0 atom stereocenters. The molecule has 0 fully saturated rings. The van der Waals surface area contributed by atoms with E-state index in [1.807, 2.05) is 0 Å². The Hall–Kier alpha value is 1.10. The molecule has 6 heavy (non-hydrogen) atoms. The first kappa shape index (κ1) is 10.2. The van der Waals surface area contributed by atoms with Crippen molar-refractivity contribution in [3.05, 3.63) is 6.66 Å². The van der Waals surface area contributed by atoms with Gasteiger partial charge in [-0.25, -0.2) is 0 Å². The van der Waals surface area contributed by atoms with Crippen LogP contribution < -0.4 is 0 Å². The number of hydrogen-bond acceptors (Lipinski definition) is 1. The van der Waals surface area contributed by atoms with Crippen LogP contribution >= 0.6 is 7.14 Å². The molecule has 0 saturated heterocycles. The number of hydrogen-bond donors (Lipinski definition) is 0. The fourth-order valence-electron chi connectivity index (χ4n) is 0. The van der Waals surface area contributed by atoms with Gasteiger partial charge in [-0.05, 0) is 13.3 Å². The fourth-order valence-corrected chi connectivity index (χ4v) is 0. The summed E-state index contributed by atoms with van der Waals surface area (Å²) in [6.07, 6.45) is 0. The molecule has 0 N–H and O–H groups in total. The largest absolute Gasteiger partial charge is 0.358 e. The van der Waals surface area contributed by atoms with E-state index in [1.54, 1.807) is 13.3 Å². The third-order valence-electron chi connectivity index (χ3n) is 0. The zero-order chi connectivity index (χ0) is 4.50. The number of rotatable bonds is 0. The van der Waals surface area contributed by atoms with Crippen molar-refractivity contribution in [1.82, 2.24) is 0 Å². The van der Waals surface area contributed by atoms with E-state index in [4.69, 9.17) is 0 Å². The molecule has 0 aliphatic rings. The average Bonchev–Trinajstić information content (AvgIpc) is 0.722. The molecule has 3 heteroatoms. The molecule has 0 aliphatic heterocycles. The second kappa shape index (κ2) is 3.15. The van der Waals surface area contributed by atoms with E-state index in [1.165, 1.54) is 0 Å². The summed E-state index contributed by atoms with van der Waals surface area (Å²) < 4.78 is 10.1. The molecule has 0 aliphatic carbocycles. The van der Waals surface area contributed by atoms with Crippen molar-refractivity contribution in [3.63, 3.8) is 0 Å². The second-order valence-electron chi connectivity index (χ2n) is 1.57. The summed E-state index contributed by atoms with van der Waals surface area (Å²) in [5.74, 6) is 0. The van der Waals surface area contributed by atoms with Crippen molar-refractivity contribution in [2.75, 3.05) is 13.3 Å². The molecule has 0 amide bonds. The first-order valence-electron chi connectivity index (χ1n) is 1.39. The Balaban J connectivity index is 0. The van der Waals surface area contributed by atoms with Crippen LogP contribution in [0.3, 0.4) is 0 Å². The molecular weight excluding hydrogens is 128 g/mol. The predicted octanol–water partition coefficient (Wildman–Crippen LogP) is 1.40. The van der Waals surface area contributed by atoms with Crippen molar-refractivity contribution in [2.24, 2.45) is 0 Å². The molecule has 35 valence electrons. The Morgan fingerprint density at radius 3 is 1.50 bits per heavy atom. The maximum atomic E-state index is 10.1. The summed E-state index contributed by atoms with van der Waals surface area (Å²) in [7, 11) is -1.89. The summed E-state index contributed by atoms with van der Waals surface area (Å²) in [4.78, 5) is 0. The van der Waals surface area contributed by atoms with E-state index in [0.717, 1.165) is 0 Å². The van der Waals surface area contributed by atoms with Gasteiger partial charge in [0.15, 0.2) is 0 Å². The van der Waals surface area contributed by atoms with Crippen molar-refractivity contribution in [2.45, 2.75) is 0 Å². The molecule has 0 aromatic heterocycles. The predicted molar refractivity (Wildman–Crippen MR) is 24.8 cm³/mol. The minimum absolute atomic E-state index is 0. The van der Waals surface area contributed by atoms with E-state index in [9.17, 15) is 4.57 Å². The van der Waals surface area contributed by atoms with Gasteiger partial charge in [0.05, 0.1) is 0 Å². The summed E-state index contributed by atoms with van der Waals surface area (Å²) in [5.41, 5.74) is 0. The SMILES string of the molecule is [CH2-]P(C)(C)=O.[Sc]. The maximum absolute atomic E-state index is 10.1. The summed E-state index contributed by atoms with van der Waals surface area (Å²) in [6.45, 7) is 6.59. The van der Waals surface area contributed by atoms with Gasteiger partial charge in [0, 0.05) is 25.8 Å². The molecule has 1 nitrogen and oxygen atoms in total. The van der Waals surface area contributed by atoms with E-state index in [-0.39, 0.29) is 25.8 Å². The quantitative estimate of drug-likeness (QED) is 0.363. The molecule has 0 aromatic rings. The zero-order valence-corrected chi connectivity index (χ0v) is 6.84. The molecule has 0 heterocycles. The van der Waals surface area contributed by atoms with Crippen LogP contribution in [-0.4, -0.2) is 13.3 Å². The van der Waals surface area contributed by atoms with Crippen LogP contribution in [0, 0.1) is 6.66 Å². The smallest absolute Gasteiger partial charge is 0 e. The van der Waals surface area contributed by atoms with E-state index in [2.05, 4.69) is 6.66 Å². The molecule has 0 saturated carbocycles. The average molecular weight is 136 g/mol. The Bertz CT molecular complexity index is 56.9. The van der Waals surface area contributed by atoms with Crippen molar-refractivity contribution >= 4 is 7.14 Å². The van der Waals surface area contributed by atoms with Gasteiger partial charge in [-0.3, -0.25) is 6.66 Å². The Morgan fingerprint density at radius 1 is 1.50 bits per heavy atom. The van der Waals surface area contributed by atoms with Crippen molar-refractivity contribution < 1.29 is 30.4 Å². The zero-order valence-electron chi connectivity index (χ0n) is 4.14. The second-order valence-corrected chi connectivity index (χ2v) is 4.72. The Morgan fingerprint density at radius 2 is 1.50 bits per heavy atom. The van der Waals surface area contributed by atoms with Crippen LogP contribution in [0.4, 0.5) is 0 Å². The van der Waals surface area contributed by atoms with Gasteiger partial charge in [0.1, 0.15) is 0 Å². The molecule has 1 radical (unpaired) electrons. The minimum atomic E-state index is -1.89. The third kappa shape index (κ3) is 70.8. The van der Waals surface area contributed by atoms with Crippen LogP contribution in [0.2, 0.25) is 0 Å². The van der Waals surface area contributed by atoms with Crippen LogP contribution in [-0.2, 0) is 30.4 Å². The standard InChI is InChI=1S/C3H8OP.Sc/c1-5(2,3)4;/h1H2,2-3H3;/q-1;. The van der Waals surface area contributed by atoms with E-state index >= 15 is 0 Å². The van der Waals surface area contributed by atoms with Gasteiger partial charge >= 0.3 is 0 Å². The summed E-state index contributed by atoms with van der Waals surface area (Å²) >= 11 is 0. The molecule has 0 bridgehead atoms. The van der Waals surface area contributed by atoms with Gasteiger partial charge in [-0.15, -0.1) is 0 Å². The monoisotopic (exact) mass is 136 g/mol. The molecule has 0 aromatic carbocycles. The molecule has 0 spiro atoms. The first-order valence-corrected chi connectivity index (χ1v) is 4.18. The Labute approximate surface area is 57.7 Å². The van der Waals surface area contributed by atoms with Gasteiger partial charge in [-0.2, -0.15) is 0 Å². The fraction of sp³-hybridized carbons (Fsp3) is 0.667. The van der Waals surface area contributed by atoms with Crippen LogP contribution in [0.1, 0.15) is 0 Å². The van der Waals surface area contributed by atoms with Crippen molar-refractivity contribution in [1.29, 1.82) is 0 Å². The van der Waals surface area contributed by atoms with Crippen LogP contribution in [0.25, 0.3) is 0 Å². The van der Waals surface area contributed by atoms with Gasteiger partial charge in [-0.1, -0.05) is 7.14 Å². The summed E-state index contributed by atoms with van der Waals surface area (Å²) in [5, 5.41) is 0. The molecule has 0 unspecified atom stereocenters. The normalized spacial score (nSPS) is 9.83. The van der Waals surface area contributed by atoms with E-state index in [0.29, 0.717) is 0 Å². The van der Waals surface area contributed by atoms with Crippen LogP contribution in [0.15, 0.2) is 0 Å². The van der Waals surface area contributed by atoms with Crippen molar-refractivity contribution in [3.8, 4) is 0 Å². The third-order valence-corrected chi connectivity index (χ3v) is 0. The molecule has 0 rings (SSSR count). The van der Waals surface area contributed by atoms with Gasteiger partial charge in [0.25, 0.3) is 0 Å². The Kier molecular flexibility index (Phi) is 5.33. The molecular formula is C3H8OPSc-. The maximum Gasteiger partial charge on any atom is 0 e.